The van der Waals surface area contributed by atoms with Crippen molar-refractivity contribution in [3.8, 4) is 0 Å². The van der Waals surface area contributed by atoms with E-state index in [4.69, 9.17) is 18.9 Å². The van der Waals surface area contributed by atoms with Gasteiger partial charge in [-0.2, -0.15) is 0 Å². The molecule has 3 rings (SSSR count). The van der Waals surface area contributed by atoms with Crippen molar-refractivity contribution in [3.05, 3.63) is 12.2 Å². The largest absolute Gasteiger partial charge is 0.461 e. The van der Waals surface area contributed by atoms with Gasteiger partial charge in [-0.15, -0.1) is 0 Å². The van der Waals surface area contributed by atoms with Crippen molar-refractivity contribution in [2.45, 2.75) is 83.6 Å². The Morgan fingerprint density at radius 3 is 2.52 bits per heavy atom. The molecule has 8 nitrogen and oxygen atoms in total. The van der Waals surface area contributed by atoms with Crippen LogP contribution in [0.3, 0.4) is 0 Å². The van der Waals surface area contributed by atoms with E-state index in [1.54, 1.807) is 27.7 Å². The molecule has 8 heteroatoms. The predicted molar refractivity (Wildman–Crippen MR) is 100 cm³/mol. The van der Waals surface area contributed by atoms with Crippen molar-refractivity contribution < 1.29 is 38.4 Å². The summed E-state index contributed by atoms with van der Waals surface area (Å²) in [7, 11) is 0. The maximum Gasteiger partial charge on any atom is 0.334 e. The molecule has 3 saturated heterocycles. The van der Waals surface area contributed by atoms with E-state index < -0.39 is 59.4 Å². The highest BCUT2D eigenvalue weighted by molar-refractivity contribution is 5.91. The van der Waals surface area contributed by atoms with Crippen LogP contribution in [-0.4, -0.2) is 52.7 Å². The molecule has 3 fully saturated rings. The van der Waals surface area contributed by atoms with Crippen molar-refractivity contribution in [3.63, 3.8) is 0 Å². The Labute approximate surface area is 170 Å². The minimum Gasteiger partial charge on any atom is -0.461 e. The number of fused-ring (bicyclic) bond motifs is 3. The molecule has 2 bridgehead atoms. The molecule has 0 amide bonds. The van der Waals surface area contributed by atoms with E-state index in [0.717, 1.165) is 0 Å². The van der Waals surface area contributed by atoms with Crippen LogP contribution in [0.25, 0.3) is 0 Å². The van der Waals surface area contributed by atoms with Gasteiger partial charge in [-0.1, -0.05) is 27.4 Å². The van der Waals surface area contributed by atoms with E-state index in [1.165, 1.54) is 6.92 Å². The molecule has 3 heterocycles. The molecule has 0 aromatic rings. The van der Waals surface area contributed by atoms with Crippen LogP contribution in [0, 0.1) is 17.8 Å². The highest BCUT2D eigenvalue weighted by Gasteiger charge is 2.61. The maximum absolute atomic E-state index is 12.4. The Kier molecular flexibility index (Phi) is 5.55. The predicted octanol–water partition coefficient (Wildman–Crippen LogP) is 1.88. The lowest BCUT2D eigenvalue weighted by Crippen LogP contribution is -2.46. The van der Waals surface area contributed by atoms with Gasteiger partial charge in [0.2, 0.25) is 0 Å². The average molecular weight is 410 g/mol. The number of carbonyl (C=O) groups is 3. The lowest BCUT2D eigenvalue weighted by molar-refractivity contribution is -0.253. The average Bonchev–Trinajstić information content (AvgIpc) is 3.00. The van der Waals surface area contributed by atoms with E-state index in [1.807, 2.05) is 0 Å². The summed E-state index contributed by atoms with van der Waals surface area (Å²) in [6.45, 7) is 12.1. The van der Waals surface area contributed by atoms with Gasteiger partial charge in [0, 0.05) is 31.3 Å². The molecule has 0 aromatic heterocycles. The Balaban J connectivity index is 2.03. The molecule has 0 aromatic carbocycles. The normalized spacial score (nSPS) is 41.8. The highest BCUT2D eigenvalue weighted by Crippen LogP contribution is 2.50. The zero-order chi connectivity index (χ0) is 21.7. The fraction of sp³-hybridized carbons (Fsp3) is 0.762. The van der Waals surface area contributed by atoms with E-state index in [-0.39, 0.29) is 24.3 Å². The van der Waals surface area contributed by atoms with Crippen molar-refractivity contribution in [2.24, 2.45) is 17.8 Å². The molecule has 0 radical (unpaired) electrons. The molecular formula is C21H30O8. The molecule has 3 aliphatic heterocycles. The molecule has 0 spiro atoms. The Morgan fingerprint density at radius 2 is 1.93 bits per heavy atom. The number of ether oxygens (including phenoxy) is 4. The number of aliphatic hydroxyl groups is 1. The molecule has 1 N–H and O–H groups in total. The Hall–Kier alpha value is -1.93. The first-order valence-corrected chi connectivity index (χ1v) is 10.1. The fourth-order valence-corrected chi connectivity index (χ4v) is 4.60. The second-order valence-electron chi connectivity index (χ2n) is 9.03. The first-order valence-electron chi connectivity index (χ1n) is 10.1. The van der Waals surface area contributed by atoms with E-state index in [2.05, 4.69) is 6.58 Å². The first kappa shape index (κ1) is 21.8. The van der Waals surface area contributed by atoms with Crippen LogP contribution in [0.2, 0.25) is 0 Å². The van der Waals surface area contributed by atoms with Crippen molar-refractivity contribution in [2.75, 3.05) is 0 Å². The SMILES string of the molecule is C=C1C(=O)O[C@@H]2C[C@H](C)[C@]3(O)C[C@H](OC(C)=O)[C@](C)(C[C@@H](OC(=O)C(C)C)[C@@H]12)O3. The monoisotopic (exact) mass is 410 g/mol. The van der Waals surface area contributed by atoms with E-state index >= 15 is 0 Å². The molecule has 3 aliphatic rings. The Bertz CT molecular complexity index is 730. The van der Waals surface area contributed by atoms with Gasteiger partial charge in [-0.3, -0.25) is 9.59 Å². The van der Waals surface area contributed by atoms with Gasteiger partial charge >= 0.3 is 17.9 Å². The quantitative estimate of drug-likeness (QED) is 0.427. The number of hydrogen-bond donors (Lipinski definition) is 1. The van der Waals surface area contributed by atoms with Crippen molar-refractivity contribution >= 4 is 17.9 Å². The number of carbonyl (C=O) groups excluding carboxylic acids is 3. The van der Waals surface area contributed by atoms with Crippen LogP contribution < -0.4 is 0 Å². The summed E-state index contributed by atoms with van der Waals surface area (Å²) in [6.07, 6.45) is -1.58. The van der Waals surface area contributed by atoms with E-state index in [9.17, 15) is 19.5 Å². The number of rotatable bonds is 3. The van der Waals surface area contributed by atoms with Gasteiger partial charge in [-0.05, 0) is 13.3 Å². The molecular weight excluding hydrogens is 380 g/mol. The van der Waals surface area contributed by atoms with Crippen LogP contribution in [0.1, 0.15) is 53.9 Å². The van der Waals surface area contributed by atoms with Gasteiger partial charge < -0.3 is 24.1 Å². The van der Waals surface area contributed by atoms with Gasteiger partial charge in [0.15, 0.2) is 5.79 Å². The fourth-order valence-electron chi connectivity index (χ4n) is 4.60. The molecule has 0 unspecified atom stereocenters. The third-order valence-corrected chi connectivity index (χ3v) is 6.30. The molecule has 162 valence electrons. The van der Waals surface area contributed by atoms with Crippen LogP contribution in [0.15, 0.2) is 12.2 Å². The minimum atomic E-state index is -1.56. The maximum atomic E-state index is 12.4. The summed E-state index contributed by atoms with van der Waals surface area (Å²) in [5, 5.41) is 11.2. The number of esters is 3. The molecule has 0 saturated carbocycles. The smallest absolute Gasteiger partial charge is 0.334 e. The molecule has 0 aliphatic carbocycles. The zero-order valence-electron chi connectivity index (χ0n) is 17.6. The zero-order valence-corrected chi connectivity index (χ0v) is 17.6. The van der Waals surface area contributed by atoms with Crippen LogP contribution in [0.4, 0.5) is 0 Å². The van der Waals surface area contributed by atoms with Crippen molar-refractivity contribution in [1.29, 1.82) is 0 Å². The van der Waals surface area contributed by atoms with Gasteiger partial charge in [0.25, 0.3) is 0 Å². The van der Waals surface area contributed by atoms with Crippen molar-refractivity contribution in [1.82, 2.24) is 0 Å². The third kappa shape index (κ3) is 3.92. The van der Waals surface area contributed by atoms with Crippen LogP contribution in [-0.2, 0) is 33.3 Å². The van der Waals surface area contributed by atoms with Gasteiger partial charge in [-0.25, -0.2) is 4.79 Å². The summed E-state index contributed by atoms with van der Waals surface area (Å²) < 4.78 is 22.9. The Morgan fingerprint density at radius 1 is 1.28 bits per heavy atom. The van der Waals surface area contributed by atoms with Gasteiger partial charge in [0.05, 0.1) is 11.8 Å². The topological polar surface area (TPSA) is 108 Å². The minimum absolute atomic E-state index is 0.0847. The standard InChI is InChI=1S/C21H30O8/c1-10(2)18(23)28-15-8-20(6)16(26-13(5)22)9-21(25,29-20)11(3)7-14-17(15)12(4)19(24)27-14/h10-11,14-17,25H,4,7-9H2,1-3,5-6H3/t11-,14+,15+,16-,17-,20-,21-/m0/s1. The van der Waals surface area contributed by atoms with E-state index in [0.29, 0.717) is 6.42 Å². The summed E-state index contributed by atoms with van der Waals surface area (Å²) in [5.41, 5.74) is -0.876. The number of hydrogen-bond acceptors (Lipinski definition) is 8. The molecule has 29 heavy (non-hydrogen) atoms. The third-order valence-electron chi connectivity index (χ3n) is 6.30. The first-order chi connectivity index (χ1) is 13.4. The van der Waals surface area contributed by atoms with Crippen LogP contribution in [0.5, 0.6) is 0 Å². The van der Waals surface area contributed by atoms with Crippen LogP contribution >= 0.6 is 0 Å². The summed E-state index contributed by atoms with van der Waals surface area (Å²) in [4.78, 5) is 36.3. The summed E-state index contributed by atoms with van der Waals surface area (Å²) in [5.74, 6) is -4.36. The second-order valence-corrected chi connectivity index (χ2v) is 9.03. The molecule has 7 atom stereocenters. The highest BCUT2D eigenvalue weighted by atomic mass is 16.7. The lowest BCUT2D eigenvalue weighted by Gasteiger charge is -2.35. The second kappa shape index (κ2) is 7.40. The summed E-state index contributed by atoms with van der Waals surface area (Å²) in [6, 6.07) is 0. The summed E-state index contributed by atoms with van der Waals surface area (Å²) >= 11 is 0. The lowest BCUT2D eigenvalue weighted by atomic mass is 9.77. The van der Waals surface area contributed by atoms with Gasteiger partial charge in [0.1, 0.15) is 23.9 Å².